The van der Waals surface area contributed by atoms with Crippen molar-refractivity contribution in [2.75, 3.05) is 0 Å². The van der Waals surface area contributed by atoms with Gasteiger partial charge in [0, 0.05) is 34.6 Å². The molecule has 5 aromatic rings. The van der Waals surface area contributed by atoms with Gasteiger partial charge in [0.15, 0.2) is 0 Å². The van der Waals surface area contributed by atoms with E-state index in [9.17, 15) is 0 Å². The van der Waals surface area contributed by atoms with Crippen LogP contribution in [0.25, 0.3) is 33.3 Å². The second kappa shape index (κ2) is 7.66. The monoisotopic (exact) mass is 406 g/mol. The lowest BCUT2D eigenvalue weighted by molar-refractivity contribution is 0.411. The third-order valence-electron chi connectivity index (χ3n) is 5.48. The van der Waals surface area contributed by atoms with E-state index in [0.29, 0.717) is 5.71 Å². The van der Waals surface area contributed by atoms with Gasteiger partial charge in [0.2, 0.25) is 5.71 Å². The van der Waals surface area contributed by atoms with Crippen molar-refractivity contribution < 1.29 is 4.42 Å². The van der Waals surface area contributed by atoms with Crippen LogP contribution in [-0.2, 0) is 12.8 Å². The predicted octanol–water partition coefficient (Wildman–Crippen LogP) is 7.22. The Hall–Kier alpha value is -3.46. The molecule has 3 heteroatoms. The van der Waals surface area contributed by atoms with Crippen LogP contribution in [0.15, 0.2) is 83.4 Å². The van der Waals surface area contributed by atoms with Gasteiger partial charge in [0.05, 0.1) is 5.69 Å². The first-order valence-electron chi connectivity index (χ1n) is 10.8. The number of nitrogens with zero attached hydrogens (tertiary/aromatic N) is 2. The Morgan fingerprint density at radius 2 is 1.65 bits per heavy atom. The van der Waals surface area contributed by atoms with Gasteiger partial charge >= 0.3 is 0 Å². The summed E-state index contributed by atoms with van der Waals surface area (Å²) in [5.41, 5.74) is 7.24. The first-order valence-corrected chi connectivity index (χ1v) is 10.8. The molecule has 0 bridgehead atoms. The number of rotatable bonds is 4. The van der Waals surface area contributed by atoms with Gasteiger partial charge < -0.3 is 4.42 Å². The number of furan rings is 1. The quantitative estimate of drug-likeness (QED) is 0.316. The van der Waals surface area contributed by atoms with Gasteiger partial charge in [-0.25, -0.2) is 4.98 Å². The van der Waals surface area contributed by atoms with Crippen molar-refractivity contribution in [2.24, 2.45) is 5.41 Å². The molecule has 5 rings (SSSR count). The third-order valence-corrected chi connectivity index (χ3v) is 5.48. The van der Waals surface area contributed by atoms with Gasteiger partial charge in [0.1, 0.15) is 5.58 Å². The number of hydrogen-bond donors (Lipinski definition) is 0. The van der Waals surface area contributed by atoms with Crippen LogP contribution in [0.2, 0.25) is 0 Å². The summed E-state index contributed by atoms with van der Waals surface area (Å²) in [4.78, 5) is 9.47. The second-order valence-corrected chi connectivity index (χ2v) is 9.39. The van der Waals surface area contributed by atoms with Crippen LogP contribution < -0.4 is 0 Å². The average Bonchev–Trinajstić information content (AvgIpc) is 3.11. The molecule has 0 saturated heterocycles. The molecule has 0 atom stereocenters. The molecule has 0 saturated carbocycles. The summed E-state index contributed by atoms with van der Waals surface area (Å²) in [7, 11) is 0. The van der Waals surface area contributed by atoms with E-state index in [4.69, 9.17) is 9.40 Å². The number of benzene rings is 2. The highest BCUT2D eigenvalue weighted by atomic mass is 16.3. The molecule has 0 unspecified atom stereocenters. The topological polar surface area (TPSA) is 38.9 Å². The summed E-state index contributed by atoms with van der Waals surface area (Å²) >= 11 is 0. The van der Waals surface area contributed by atoms with Crippen LogP contribution in [0.4, 0.5) is 0 Å². The van der Waals surface area contributed by atoms with E-state index in [-0.39, 0.29) is 5.41 Å². The zero-order valence-corrected chi connectivity index (χ0v) is 18.2. The highest BCUT2D eigenvalue weighted by Gasteiger charge is 2.16. The summed E-state index contributed by atoms with van der Waals surface area (Å²) < 4.78 is 6.31. The number of pyridine rings is 2. The van der Waals surface area contributed by atoms with Crippen molar-refractivity contribution in [3.63, 3.8) is 0 Å². The number of aromatic nitrogens is 2. The minimum Gasteiger partial charge on any atom is -0.437 e. The van der Waals surface area contributed by atoms with Crippen molar-refractivity contribution >= 4 is 22.1 Å². The molecular weight excluding hydrogens is 380 g/mol. The molecule has 0 radical (unpaired) electrons. The van der Waals surface area contributed by atoms with E-state index in [1.54, 1.807) is 0 Å². The third kappa shape index (κ3) is 4.09. The van der Waals surface area contributed by atoms with Crippen molar-refractivity contribution in [3.8, 4) is 11.3 Å². The van der Waals surface area contributed by atoms with Crippen LogP contribution in [0.1, 0.15) is 37.6 Å². The summed E-state index contributed by atoms with van der Waals surface area (Å²) in [6.07, 6.45) is 3.69. The lowest BCUT2D eigenvalue weighted by Gasteiger charge is -2.18. The molecule has 31 heavy (non-hydrogen) atoms. The molecule has 3 heterocycles. The van der Waals surface area contributed by atoms with E-state index in [1.807, 2.05) is 12.3 Å². The Balaban J connectivity index is 1.57. The van der Waals surface area contributed by atoms with E-state index in [2.05, 4.69) is 92.5 Å². The van der Waals surface area contributed by atoms with Gasteiger partial charge in [0.25, 0.3) is 0 Å². The zero-order chi connectivity index (χ0) is 21.4. The summed E-state index contributed by atoms with van der Waals surface area (Å²) in [5, 5.41) is 2.12. The van der Waals surface area contributed by atoms with Crippen LogP contribution in [-0.4, -0.2) is 9.97 Å². The molecule has 0 aliphatic heterocycles. The highest BCUT2D eigenvalue weighted by molar-refractivity contribution is 6.08. The van der Waals surface area contributed by atoms with Gasteiger partial charge in [-0.2, -0.15) is 0 Å². The van der Waals surface area contributed by atoms with Gasteiger partial charge in [-0.05, 0) is 53.3 Å². The minimum absolute atomic E-state index is 0.225. The number of fused-ring (bicyclic) bond motifs is 3. The Morgan fingerprint density at radius 1 is 0.806 bits per heavy atom. The molecule has 0 aliphatic rings. The fraction of sp³-hybridized carbons (Fsp3) is 0.214. The first kappa shape index (κ1) is 19.5. The van der Waals surface area contributed by atoms with E-state index in [0.717, 1.165) is 46.1 Å². The fourth-order valence-corrected chi connectivity index (χ4v) is 4.17. The van der Waals surface area contributed by atoms with Crippen molar-refractivity contribution in [3.05, 3.63) is 95.8 Å². The molecule has 0 spiro atoms. The van der Waals surface area contributed by atoms with Crippen LogP contribution in [0.3, 0.4) is 0 Å². The Kier molecular flexibility index (Phi) is 4.82. The summed E-state index contributed by atoms with van der Waals surface area (Å²) in [6, 6.07) is 25.2. The van der Waals surface area contributed by atoms with Crippen LogP contribution in [0, 0.1) is 5.41 Å². The lowest BCUT2D eigenvalue weighted by Crippen LogP contribution is -2.09. The molecule has 0 fully saturated rings. The predicted molar refractivity (Wildman–Crippen MR) is 127 cm³/mol. The highest BCUT2D eigenvalue weighted by Crippen LogP contribution is 2.35. The molecule has 2 aromatic carbocycles. The summed E-state index contributed by atoms with van der Waals surface area (Å²) in [6.45, 7) is 6.77. The molecular formula is C28H26N2O. The average molecular weight is 407 g/mol. The molecule has 3 aromatic heterocycles. The maximum atomic E-state index is 6.31. The molecule has 0 aliphatic carbocycles. The van der Waals surface area contributed by atoms with Crippen molar-refractivity contribution in [2.45, 2.75) is 33.6 Å². The first-order chi connectivity index (χ1) is 15.0. The summed E-state index contributed by atoms with van der Waals surface area (Å²) in [5.74, 6) is 0. The van der Waals surface area contributed by atoms with E-state index < -0.39 is 0 Å². The smallest absolute Gasteiger partial charge is 0.227 e. The van der Waals surface area contributed by atoms with Gasteiger partial charge in [-0.15, -0.1) is 0 Å². The molecule has 0 N–H and O–H groups in total. The minimum atomic E-state index is 0.225. The molecule has 154 valence electrons. The van der Waals surface area contributed by atoms with E-state index >= 15 is 0 Å². The maximum absolute atomic E-state index is 6.31. The Morgan fingerprint density at radius 3 is 2.45 bits per heavy atom. The molecule has 3 nitrogen and oxygen atoms in total. The SMILES string of the molecule is CC(C)(C)Cc1ccnc(-c2cccc3c2oc2nc(Cc4ccccc4)ccc23)c1. The van der Waals surface area contributed by atoms with Gasteiger partial charge in [-0.3, -0.25) is 4.98 Å². The normalized spacial score (nSPS) is 12.0. The largest absolute Gasteiger partial charge is 0.437 e. The maximum Gasteiger partial charge on any atom is 0.227 e. The van der Waals surface area contributed by atoms with Crippen molar-refractivity contribution in [1.29, 1.82) is 0 Å². The van der Waals surface area contributed by atoms with Crippen molar-refractivity contribution in [1.82, 2.24) is 9.97 Å². The van der Waals surface area contributed by atoms with Gasteiger partial charge in [-0.1, -0.05) is 63.2 Å². The number of hydrogen-bond acceptors (Lipinski definition) is 3. The van der Waals surface area contributed by atoms with E-state index in [1.165, 1.54) is 11.1 Å². The number of para-hydroxylation sites is 1. The van der Waals surface area contributed by atoms with Crippen LogP contribution >= 0.6 is 0 Å². The van der Waals surface area contributed by atoms with Crippen LogP contribution in [0.5, 0.6) is 0 Å². The zero-order valence-electron chi connectivity index (χ0n) is 18.2. The standard InChI is InChI=1S/C28H26N2O/c1-28(2,3)18-20-14-15-29-25(17-20)24-11-7-10-22-23-13-12-21(30-27(23)31-26(22)24)16-19-8-5-4-6-9-19/h4-15,17H,16,18H2,1-3H3. The second-order valence-electron chi connectivity index (χ2n) is 9.39. The fourth-order valence-electron chi connectivity index (χ4n) is 4.17. The lowest BCUT2D eigenvalue weighted by atomic mass is 9.88. The Bertz CT molecular complexity index is 1360. The molecule has 0 amide bonds. The Labute approximate surface area is 182 Å².